The number of rotatable bonds is 7. The summed E-state index contributed by atoms with van der Waals surface area (Å²) in [6.45, 7) is 1.96. The first-order valence-corrected chi connectivity index (χ1v) is 10.3. The highest BCUT2D eigenvalue weighted by Crippen LogP contribution is 2.13. The van der Waals surface area contributed by atoms with Crippen molar-refractivity contribution in [2.75, 3.05) is 11.6 Å². The predicted molar refractivity (Wildman–Crippen MR) is 101 cm³/mol. The van der Waals surface area contributed by atoms with Gasteiger partial charge in [-0.2, -0.15) is 0 Å². The van der Waals surface area contributed by atoms with Crippen LogP contribution in [0.4, 0.5) is 10.5 Å². The van der Waals surface area contributed by atoms with Gasteiger partial charge in [0.1, 0.15) is 0 Å². The van der Waals surface area contributed by atoms with Gasteiger partial charge < -0.3 is 10.6 Å². The number of carbonyl (C=O) groups excluding carboxylic acids is 1. The lowest BCUT2D eigenvalue weighted by atomic mass is 10.1. The van der Waals surface area contributed by atoms with Crippen LogP contribution in [0.1, 0.15) is 24.5 Å². The molecule has 6 heteroatoms. The Morgan fingerprint density at radius 3 is 2.40 bits per heavy atom. The summed E-state index contributed by atoms with van der Waals surface area (Å²) in [5.74, 6) is -0.0440. The molecule has 2 N–H and O–H groups in total. The summed E-state index contributed by atoms with van der Waals surface area (Å²) in [4.78, 5) is 12.1. The molecule has 2 aromatic carbocycles. The molecule has 2 rings (SSSR count). The SMILES string of the molecule is CC(CCc1ccccc1)NC(=O)Nc1cccc(CS(C)(=O)=O)c1. The summed E-state index contributed by atoms with van der Waals surface area (Å²) in [5.41, 5.74) is 2.47. The Morgan fingerprint density at radius 2 is 1.72 bits per heavy atom. The van der Waals surface area contributed by atoms with E-state index in [2.05, 4.69) is 22.8 Å². The van der Waals surface area contributed by atoms with Gasteiger partial charge in [0.05, 0.1) is 5.75 Å². The van der Waals surface area contributed by atoms with E-state index in [0.29, 0.717) is 11.3 Å². The van der Waals surface area contributed by atoms with Crippen molar-refractivity contribution in [3.05, 3.63) is 65.7 Å². The van der Waals surface area contributed by atoms with E-state index in [-0.39, 0.29) is 17.8 Å². The molecule has 1 atom stereocenters. The quantitative estimate of drug-likeness (QED) is 0.795. The molecule has 0 bridgehead atoms. The number of sulfone groups is 1. The highest BCUT2D eigenvalue weighted by atomic mass is 32.2. The second-order valence-corrected chi connectivity index (χ2v) is 8.43. The molecule has 2 aromatic rings. The van der Waals surface area contributed by atoms with Crippen LogP contribution in [0.3, 0.4) is 0 Å². The van der Waals surface area contributed by atoms with Crippen molar-refractivity contribution >= 4 is 21.6 Å². The molecule has 5 nitrogen and oxygen atoms in total. The van der Waals surface area contributed by atoms with Crippen LogP contribution < -0.4 is 10.6 Å². The van der Waals surface area contributed by atoms with Crippen LogP contribution in [-0.2, 0) is 22.0 Å². The fourth-order valence-electron chi connectivity index (χ4n) is 2.53. The highest BCUT2D eigenvalue weighted by Gasteiger charge is 2.09. The van der Waals surface area contributed by atoms with Crippen LogP contribution in [-0.4, -0.2) is 26.7 Å². The maximum absolute atomic E-state index is 12.1. The second kappa shape index (κ2) is 8.67. The zero-order valence-corrected chi connectivity index (χ0v) is 15.3. The Balaban J connectivity index is 1.84. The molecule has 0 aromatic heterocycles. The van der Waals surface area contributed by atoms with E-state index in [1.54, 1.807) is 24.3 Å². The number of amides is 2. The van der Waals surface area contributed by atoms with Crippen molar-refractivity contribution < 1.29 is 13.2 Å². The third-order valence-electron chi connectivity index (χ3n) is 3.70. The summed E-state index contributed by atoms with van der Waals surface area (Å²) < 4.78 is 22.7. The van der Waals surface area contributed by atoms with E-state index < -0.39 is 9.84 Å². The minimum atomic E-state index is -3.10. The number of nitrogens with one attached hydrogen (secondary N) is 2. The van der Waals surface area contributed by atoms with Gasteiger partial charge in [-0.3, -0.25) is 0 Å². The van der Waals surface area contributed by atoms with Gasteiger partial charge in [-0.1, -0.05) is 42.5 Å². The average molecular weight is 360 g/mol. The molecular formula is C19H24N2O3S. The van der Waals surface area contributed by atoms with Crippen LogP contribution in [0, 0.1) is 0 Å². The monoisotopic (exact) mass is 360 g/mol. The molecule has 0 aliphatic carbocycles. The normalized spacial score (nSPS) is 12.4. The summed E-state index contributed by atoms with van der Waals surface area (Å²) in [6, 6.07) is 16.7. The maximum Gasteiger partial charge on any atom is 0.319 e. The summed E-state index contributed by atoms with van der Waals surface area (Å²) >= 11 is 0. The molecule has 0 aliphatic heterocycles. The van der Waals surface area contributed by atoms with Gasteiger partial charge >= 0.3 is 6.03 Å². The fourth-order valence-corrected chi connectivity index (χ4v) is 3.32. The van der Waals surface area contributed by atoms with Crippen LogP contribution >= 0.6 is 0 Å². The standard InChI is InChI=1S/C19H24N2O3S/c1-15(11-12-16-7-4-3-5-8-16)20-19(22)21-18-10-6-9-17(13-18)14-25(2,23)24/h3-10,13,15H,11-12,14H2,1-2H3,(H2,20,21,22). The van der Waals surface area contributed by atoms with E-state index in [1.165, 1.54) is 11.8 Å². The lowest BCUT2D eigenvalue weighted by molar-refractivity contribution is 0.248. The van der Waals surface area contributed by atoms with E-state index in [0.717, 1.165) is 12.8 Å². The summed E-state index contributed by atoms with van der Waals surface area (Å²) in [7, 11) is -3.10. The van der Waals surface area contributed by atoms with Crippen molar-refractivity contribution in [3.8, 4) is 0 Å². The first kappa shape index (κ1) is 19.0. The van der Waals surface area contributed by atoms with Gasteiger partial charge in [-0.15, -0.1) is 0 Å². The molecule has 0 saturated heterocycles. The number of anilines is 1. The lowest BCUT2D eigenvalue weighted by Gasteiger charge is -2.15. The number of hydrogen-bond donors (Lipinski definition) is 2. The molecule has 0 saturated carbocycles. The third kappa shape index (κ3) is 7.39. The minimum absolute atomic E-state index is 0.0272. The minimum Gasteiger partial charge on any atom is -0.335 e. The van der Waals surface area contributed by atoms with Crippen LogP contribution in [0.2, 0.25) is 0 Å². The smallest absolute Gasteiger partial charge is 0.319 e. The van der Waals surface area contributed by atoms with Gasteiger partial charge in [-0.05, 0) is 43.0 Å². The second-order valence-electron chi connectivity index (χ2n) is 6.29. The summed E-state index contributed by atoms with van der Waals surface area (Å²) in [6.07, 6.45) is 2.92. The largest absolute Gasteiger partial charge is 0.335 e. The van der Waals surface area contributed by atoms with Crippen LogP contribution in [0.5, 0.6) is 0 Å². The van der Waals surface area contributed by atoms with Crippen LogP contribution in [0.15, 0.2) is 54.6 Å². The maximum atomic E-state index is 12.1. The number of hydrogen-bond acceptors (Lipinski definition) is 3. The lowest BCUT2D eigenvalue weighted by Crippen LogP contribution is -2.36. The Morgan fingerprint density at radius 1 is 1.04 bits per heavy atom. The Kier molecular flexibility index (Phi) is 6.58. The number of benzene rings is 2. The van der Waals surface area contributed by atoms with Crippen molar-refractivity contribution in [2.24, 2.45) is 0 Å². The van der Waals surface area contributed by atoms with Gasteiger partial charge in [-0.25, -0.2) is 13.2 Å². The average Bonchev–Trinajstić information content (AvgIpc) is 2.52. The van der Waals surface area contributed by atoms with Crippen LogP contribution in [0.25, 0.3) is 0 Å². The highest BCUT2D eigenvalue weighted by molar-refractivity contribution is 7.89. The Bertz CT molecular complexity index is 804. The van der Waals surface area contributed by atoms with Gasteiger partial charge in [0, 0.05) is 18.0 Å². The Hall–Kier alpha value is -2.34. The van der Waals surface area contributed by atoms with Gasteiger partial charge in [0.2, 0.25) is 0 Å². The zero-order valence-electron chi connectivity index (χ0n) is 14.5. The number of aryl methyl sites for hydroxylation is 1. The molecule has 0 heterocycles. The van der Waals surface area contributed by atoms with Gasteiger partial charge in [0.15, 0.2) is 9.84 Å². The van der Waals surface area contributed by atoms with Gasteiger partial charge in [0.25, 0.3) is 0 Å². The molecule has 2 amide bonds. The predicted octanol–water partition coefficient (Wildman–Crippen LogP) is 3.37. The third-order valence-corrected chi connectivity index (χ3v) is 4.56. The summed E-state index contributed by atoms with van der Waals surface area (Å²) in [5, 5.41) is 5.65. The van der Waals surface area contributed by atoms with Crippen molar-refractivity contribution in [1.29, 1.82) is 0 Å². The van der Waals surface area contributed by atoms with Crippen molar-refractivity contribution in [3.63, 3.8) is 0 Å². The first-order chi connectivity index (χ1) is 11.8. The molecule has 0 radical (unpaired) electrons. The molecule has 0 fully saturated rings. The van der Waals surface area contributed by atoms with E-state index in [4.69, 9.17) is 0 Å². The molecule has 0 spiro atoms. The van der Waals surface area contributed by atoms with Crippen molar-refractivity contribution in [2.45, 2.75) is 31.6 Å². The number of urea groups is 1. The van der Waals surface area contributed by atoms with E-state index in [9.17, 15) is 13.2 Å². The molecule has 134 valence electrons. The number of carbonyl (C=O) groups is 1. The first-order valence-electron chi connectivity index (χ1n) is 8.20. The molecule has 1 unspecified atom stereocenters. The fraction of sp³-hybridized carbons (Fsp3) is 0.316. The zero-order chi connectivity index (χ0) is 18.3. The van der Waals surface area contributed by atoms with E-state index >= 15 is 0 Å². The molecule has 0 aliphatic rings. The van der Waals surface area contributed by atoms with E-state index in [1.807, 2.05) is 25.1 Å². The molecular weight excluding hydrogens is 336 g/mol. The topological polar surface area (TPSA) is 75.3 Å². The van der Waals surface area contributed by atoms with Crippen molar-refractivity contribution in [1.82, 2.24) is 5.32 Å². The molecule has 25 heavy (non-hydrogen) atoms. The Labute approximate surface area is 149 Å².